The highest BCUT2D eigenvalue weighted by Gasteiger charge is 2.18. The van der Waals surface area contributed by atoms with Crippen LogP contribution in [-0.4, -0.2) is 49.6 Å². The van der Waals surface area contributed by atoms with Crippen LogP contribution in [0, 0.1) is 0 Å². The minimum Gasteiger partial charge on any atom is -0.462 e. The number of ether oxygens (including phenoxy) is 3. The lowest BCUT2D eigenvalue weighted by molar-refractivity contribution is -0.0914. The van der Waals surface area contributed by atoms with Crippen molar-refractivity contribution < 1.29 is 19.0 Å². The molecule has 2 aromatic heterocycles. The number of carbonyl (C=O) groups is 1. The van der Waals surface area contributed by atoms with Crippen LogP contribution >= 0.6 is 11.3 Å². The summed E-state index contributed by atoms with van der Waals surface area (Å²) < 4.78 is 15.3. The van der Waals surface area contributed by atoms with E-state index in [0.29, 0.717) is 29.9 Å². The molecule has 0 spiro atoms. The molecule has 2 aromatic rings. The zero-order chi connectivity index (χ0) is 15.2. The van der Waals surface area contributed by atoms with Crippen molar-refractivity contribution in [2.24, 2.45) is 0 Å². The highest BCUT2D eigenvalue weighted by molar-refractivity contribution is 7.17. The summed E-state index contributed by atoms with van der Waals surface area (Å²) in [5.74, 6) is 0.181. The lowest BCUT2D eigenvalue weighted by Crippen LogP contribution is -2.24. The van der Waals surface area contributed by atoms with Crippen LogP contribution in [-0.2, 0) is 14.2 Å². The standard InChI is InChI=1S/C13H17N3O4S/c1-4-20-13(17)8-6-21-12-10(8)11(15-7-16-12)14-5-9(18-2)19-3/h6-7,9H,4-5H2,1-3H3,(H,14,15,16). The Bertz CT molecular complexity index is 612. The van der Waals surface area contributed by atoms with Crippen molar-refractivity contribution in [1.82, 2.24) is 9.97 Å². The number of thiophene rings is 1. The maximum atomic E-state index is 12.0. The van der Waals surface area contributed by atoms with E-state index in [1.807, 2.05) is 0 Å². The van der Waals surface area contributed by atoms with Crippen molar-refractivity contribution in [3.05, 3.63) is 17.3 Å². The third-order valence-corrected chi connectivity index (χ3v) is 3.71. The van der Waals surface area contributed by atoms with Gasteiger partial charge in [0.2, 0.25) is 0 Å². The number of methoxy groups -OCH3 is 2. The zero-order valence-corrected chi connectivity index (χ0v) is 12.9. The summed E-state index contributed by atoms with van der Waals surface area (Å²) in [6.07, 6.45) is 1.05. The van der Waals surface area contributed by atoms with Crippen LogP contribution in [0.1, 0.15) is 17.3 Å². The van der Waals surface area contributed by atoms with E-state index in [4.69, 9.17) is 14.2 Å². The highest BCUT2D eigenvalue weighted by Crippen LogP contribution is 2.29. The van der Waals surface area contributed by atoms with Crippen LogP contribution in [0.3, 0.4) is 0 Å². The van der Waals surface area contributed by atoms with E-state index in [1.165, 1.54) is 17.7 Å². The van der Waals surface area contributed by atoms with E-state index in [0.717, 1.165) is 4.83 Å². The van der Waals surface area contributed by atoms with Crippen LogP contribution in [0.2, 0.25) is 0 Å². The van der Waals surface area contributed by atoms with Gasteiger partial charge in [-0.25, -0.2) is 14.8 Å². The van der Waals surface area contributed by atoms with E-state index in [9.17, 15) is 4.79 Å². The topological polar surface area (TPSA) is 82.6 Å². The van der Waals surface area contributed by atoms with Gasteiger partial charge in [0.05, 0.1) is 24.1 Å². The molecule has 0 fully saturated rings. The molecule has 0 aromatic carbocycles. The molecule has 0 unspecified atom stereocenters. The number of aromatic nitrogens is 2. The van der Waals surface area contributed by atoms with Crippen molar-refractivity contribution in [1.29, 1.82) is 0 Å². The van der Waals surface area contributed by atoms with Gasteiger partial charge in [-0.1, -0.05) is 0 Å². The van der Waals surface area contributed by atoms with Gasteiger partial charge in [-0.2, -0.15) is 0 Å². The molecule has 7 nitrogen and oxygen atoms in total. The Hall–Kier alpha value is -1.77. The zero-order valence-electron chi connectivity index (χ0n) is 12.1. The van der Waals surface area contributed by atoms with Gasteiger partial charge in [0.1, 0.15) is 17.0 Å². The molecule has 21 heavy (non-hydrogen) atoms. The number of esters is 1. The van der Waals surface area contributed by atoms with Crippen LogP contribution < -0.4 is 5.32 Å². The summed E-state index contributed by atoms with van der Waals surface area (Å²) in [7, 11) is 3.11. The molecule has 8 heteroatoms. The van der Waals surface area contributed by atoms with E-state index in [1.54, 1.807) is 26.5 Å². The number of hydrogen-bond donors (Lipinski definition) is 1. The fourth-order valence-electron chi connectivity index (χ4n) is 1.81. The molecule has 0 radical (unpaired) electrons. The van der Waals surface area contributed by atoms with E-state index < -0.39 is 6.29 Å². The SMILES string of the molecule is CCOC(=O)c1csc2ncnc(NCC(OC)OC)c12. The minimum atomic E-state index is -0.403. The van der Waals surface area contributed by atoms with Crippen LogP contribution in [0.15, 0.2) is 11.7 Å². The number of carbonyl (C=O) groups excluding carboxylic acids is 1. The number of hydrogen-bond acceptors (Lipinski definition) is 8. The molecule has 0 atom stereocenters. The first kappa shape index (κ1) is 15.6. The molecule has 0 aliphatic rings. The summed E-state index contributed by atoms with van der Waals surface area (Å²) in [6.45, 7) is 2.49. The van der Waals surface area contributed by atoms with Gasteiger partial charge in [0.15, 0.2) is 6.29 Å². The lowest BCUT2D eigenvalue weighted by Gasteiger charge is -2.15. The first-order valence-electron chi connectivity index (χ1n) is 6.40. The predicted octanol–water partition coefficient (Wildman–Crippen LogP) is 1.90. The highest BCUT2D eigenvalue weighted by atomic mass is 32.1. The normalized spacial score (nSPS) is 11.0. The fourth-order valence-corrected chi connectivity index (χ4v) is 2.69. The van der Waals surface area contributed by atoms with Crippen LogP contribution in [0.4, 0.5) is 5.82 Å². The first-order valence-corrected chi connectivity index (χ1v) is 7.28. The van der Waals surface area contributed by atoms with Gasteiger partial charge in [0.25, 0.3) is 0 Å². The summed E-state index contributed by atoms with van der Waals surface area (Å²) >= 11 is 1.37. The quantitative estimate of drug-likeness (QED) is 0.617. The molecule has 1 N–H and O–H groups in total. The molecule has 2 rings (SSSR count). The smallest absolute Gasteiger partial charge is 0.339 e. The van der Waals surface area contributed by atoms with Crippen molar-refractivity contribution >= 4 is 33.3 Å². The summed E-state index contributed by atoms with van der Waals surface area (Å²) in [6, 6.07) is 0. The van der Waals surface area contributed by atoms with E-state index in [2.05, 4.69) is 15.3 Å². The minimum absolute atomic E-state index is 0.321. The second kappa shape index (κ2) is 7.30. The first-order chi connectivity index (χ1) is 10.2. The number of rotatable bonds is 7. The van der Waals surface area contributed by atoms with Gasteiger partial charge in [-0.15, -0.1) is 11.3 Å². The molecule has 0 amide bonds. The number of fused-ring (bicyclic) bond motifs is 1. The molecule has 0 bridgehead atoms. The maximum Gasteiger partial charge on any atom is 0.339 e. The molecule has 114 valence electrons. The molecule has 2 heterocycles. The Kier molecular flexibility index (Phi) is 5.43. The predicted molar refractivity (Wildman–Crippen MR) is 79.7 cm³/mol. The largest absolute Gasteiger partial charge is 0.462 e. The molecular formula is C13H17N3O4S. The van der Waals surface area contributed by atoms with Crippen molar-refractivity contribution in [2.45, 2.75) is 13.2 Å². The van der Waals surface area contributed by atoms with Crippen molar-refractivity contribution in [2.75, 3.05) is 32.7 Å². The molecule has 0 aliphatic heterocycles. The molecular weight excluding hydrogens is 294 g/mol. The monoisotopic (exact) mass is 311 g/mol. The van der Waals surface area contributed by atoms with Crippen LogP contribution in [0.25, 0.3) is 10.2 Å². The summed E-state index contributed by atoms with van der Waals surface area (Å²) in [5.41, 5.74) is 0.464. The van der Waals surface area contributed by atoms with Gasteiger partial charge in [-0.3, -0.25) is 0 Å². The Balaban J connectivity index is 2.30. The second-order valence-electron chi connectivity index (χ2n) is 4.05. The van der Waals surface area contributed by atoms with Gasteiger partial charge >= 0.3 is 5.97 Å². The number of anilines is 1. The van der Waals surface area contributed by atoms with E-state index in [-0.39, 0.29) is 5.97 Å². The summed E-state index contributed by atoms with van der Waals surface area (Å²) in [4.78, 5) is 21.1. The Morgan fingerprint density at radius 3 is 2.81 bits per heavy atom. The van der Waals surface area contributed by atoms with Gasteiger partial charge in [-0.05, 0) is 6.92 Å². The third-order valence-electron chi connectivity index (χ3n) is 2.83. The Morgan fingerprint density at radius 1 is 1.38 bits per heavy atom. The average molecular weight is 311 g/mol. The third kappa shape index (κ3) is 3.46. The Labute approximate surface area is 126 Å². The van der Waals surface area contributed by atoms with Gasteiger partial charge < -0.3 is 19.5 Å². The second-order valence-corrected chi connectivity index (χ2v) is 4.91. The molecule has 0 saturated heterocycles. The van der Waals surface area contributed by atoms with Gasteiger partial charge in [0, 0.05) is 19.6 Å². The maximum absolute atomic E-state index is 12.0. The van der Waals surface area contributed by atoms with Crippen molar-refractivity contribution in [3.8, 4) is 0 Å². The van der Waals surface area contributed by atoms with E-state index >= 15 is 0 Å². The summed E-state index contributed by atoms with van der Waals surface area (Å²) in [5, 5.41) is 5.50. The fraction of sp³-hybridized carbons (Fsp3) is 0.462. The number of nitrogens with one attached hydrogen (secondary N) is 1. The lowest BCUT2D eigenvalue weighted by atomic mass is 10.2. The molecule has 0 saturated carbocycles. The number of nitrogens with zero attached hydrogens (tertiary/aromatic N) is 2. The average Bonchev–Trinajstić information content (AvgIpc) is 2.93. The Morgan fingerprint density at radius 2 is 2.14 bits per heavy atom. The van der Waals surface area contributed by atoms with Crippen LogP contribution in [0.5, 0.6) is 0 Å². The van der Waals surface area contributed by atoms with Crippen molar-refractivity contribution in [3.63, 3.8) is 0 Å². The molecule has 0 aliphatic carbocycles.